The predicted molar refractivity (Wildman–Crippen MR) is 99.0 cm³/mol. The van der Waals surface area contributed by atoms with E-state index in [9.17, 15) is 19.2 Å². The molecule has 0 saturated heterocycles. The lowest BCUT2D eigenvalue weighted by Gasteiger charge is -2.31. The number of rotatable bonds is 7. The van der Waals surface area contributed by atoms with Gasteiger partial charge in [-0.3, -0.25) is 19.2 Å². The molecule has 0 fully saturated rings. The number of amides is 2. The van der Waals surface area contributed by atoms with Gasteiger partial charge in [-0.2, -0.15) is 0 Å². The van der Waals surface area contributed by atoms with E-state index in [0.29, 0.717) is 17.0 Å². The van der Waals surface area contributed by atoms with Gasteiger partial charge >= 0.3 is 11.9 Å². The summed E-state index contributed by atoms with van der Waals surface area (Å²) in [4.78, 5) is 47.1. The van der Waals surface area contributed by atoms with E-state index in [1.807, 2.05) is 0 Å². The highest BCUT2D eigenvalue weighted by atomic mass is 16.4. The lowest BCUT2D eigenvalue weighted by Crippen LogP contribution is -2.41. The summed E-state index contributed by atoms with van der Waals surface area (Å²) in [5.41, 5.74) is 1.98. The Balaban J connectivity index is 2.50. The first-order valence-electron chi connectivity index (χ1n) is 8.45. The van der Waals surface area contributed by atoms with Crippen LogP contribution in [0, 0.1) is 0 Å². The quantitative estimate of drug-likeness (QED) is 0.453. The Labute approximate surface area is 161 Å². The molecule has 2 rings (SSSR count). The van der Waals surface area contributed by atoms with Crippen LogP contribution in [0.1, 0.15) is 25.3 Å². The first-order chi connectivity index (χ1) is 13.2. The molecule has 0 radical (unpaired) electrons. The third-order valence-electron chi connectivity index (χ3n) is 4.18. The van der Waals surface area contributed by atoms with Gasteiger partial charge in [0.15, 0.2) is 0 Å². The van der Waals surface area contributed by atoms with E-state index in [-0.39, 0.29) is 11.1 Å². The fourth-order valence-electron chi connectivity index (χ4n) is 3.08. The minimum Gasteiger partial charge on any atom is -0.480 e. The van der Waals surface area contributed by atoms with Crippen molar-refractivity contribution in [2.75, 3.05) is 13.1 Å². The second kappa shape index (κ2) is 8.85. The van der Waals surface area contributed by atoms with Gasteiger partial charge in [0.2, 0.25) is 11.8 Å². The van der Waals surface area contributed by atoms with Crippen LogP contribution >= 0.6 is 0 Å². The topological polar surface area (TPSA) is 145 Å². The lowest BCUT2D eigenvalue weighted by molar-refractivity contribution is -0.137. The van der Waals surface area contributed by atoms with Crippen molar-refractivity contribution in [1.29, 1.82) is 0 Å². The molecule has 148 valence electrons. The molecule has 1 heterocycles. The molecule has 28 heavy (non-hydrogen) atoms. The van der Waals surface area contributed by atoms with Gasteiger partial charge in [0.1, 0.15) is 13.1 Å². The molecule has 5 N–H and O–H groups in total. The van der Waals surface area contributed by atoms with Crippen molar-refractivity contribution in [2.45, 2.75) is 19.8 Å². The van der Waals surface area contributed by atoms with Gasteiger partial charge in [0.05, 0.1) is 0 Å². The number of aliphatic carboxylic acids is 2. The Bertz CT molecular complexity index is 821. The molecule has 1 aromatic rings. The Morgan fingerprint density at radius 2 is 1.29 bits per heavy atom. The third kappa shape index (κ3) is 4.76. The largest absolute Gasteiger partial charge is 0.480 e. The van der Waals surface area contributed by atoms with E-state index in [4.69, 9.17) is 10.2 Å². The maximum atomic E-state index is 12.7. The van der Waals surface area contributed by atoms with Crippen LogP contribution in [0.4, 0.5) is 0 Å². The molecule has 0 spiro atoms. The number of carboxylic acids is 2. The van der Waals surface area contributed by atoms with E-state index in [1.165, 1.54) is 0 Å². The average Bonchev–Trinajstić information content (AvgIpc) is 2.64. The molecule has 0 aliphatic carbocycles. The molecule has 9 heteroatoms. The molecule has 1 aliphatic rings. The summed E-state index contributed by atoms with van der Waals surface area (Å²) in [6, 6.07) is 8.77. The fraction of sp³-hybridized carbons (Fsp3) is 0.263. The van der Waals surface area contributed by atoms with Crippen LogP contribution in [0.15, 0.2) is 52.9 Å². The van der Waals surface area contributed by atoms with Gasteiger partial charge in [-0.25, -0.2) is 0 Å². The minimum atomic E-state index is -1.20. The molecule has 0 saturated carbocycles. The number of allylic oxidation sites excluding steroid dienone is 2. The zero-order chi connectivity index (χ0) is 20.8. The number of carbonyl (C=O) groups is 4. The average molecular weight is 387 g/mol. The summed E-state index contributed by atoms with van der Waals surface area (Å²) in [7, 11) is 0. The highest BCUT2D eigenvalue weighted by Crippen LogP contribution is 2.38. The van der Waals surface area contributed by atoms with Gasteiger partial charge < -0.3 is 26.2 Å². The highest BCUT2D eigenvalue weighted by Gasteiger charge is 2.36. The number of carbonyl (C=O) groups excluding carboxylic acids is 2. The van der Waals surface area contributed by atoms with Crippen LogP contribution in [-0.4, -0.2) is 47.1 Å². The summed E-state index contributed by atoms with van der Waals surface area (Å²) in [6.07, 6.45) is 0. The van der Waals surface area contributed by atoms with Gasteiger partial charge in [-0.15, -0.1) is 0 Å². The first kappa shape index (κ1) is 20.7. The second-order valence-electron chi connectivity index (χ2n) is 6.20. The zero-order valence-electron chi connectivity index (χ0n) is 15.4. The Morgan fingerprint density at radius 3 is 1.68 bits per heavy atom. The van der Waals surface area contributed by atoms with Gasteiger partial charge in [-0.1, -0.05) is 30.3 Å². The predicted octanol–water partition coefficient (Wildman–Crippen LogP) is 0.323. The van der Waals surface area contributed by atoms with Crippen LogP contribution in [0.2, 0.25) is 0 Å². The molecular weight excluding hydrogens is 366 g/mol. The monoisotopic (exact) mass is 387 g/mol. The standard InChI is InChI=1S/C19H21N3O6/c1-10-15(18(27)20-8-13(23)24)17(12-6-4-3-5-7-12)16(11(2)22-10)19(28)21-9-14(25)26/h3-7,17,22H,8-9H2,1-2H3,(H,20,27)(H,21,28)(H,23,24)(H,25,26). The summed E-state index contributed by atoms with van der Waals surface area (Å²) >= 11 is 0. The molecule has 0 bridgehead atoms. The molecule has 0 aromatic heterocycles. The fourth-order valence-corrected chi connectivity index (χ4v) is 3.08. The summed E-state index contributed by atoms with van der Waals surface area (Å²) in [5.74, 6) is -4.44. The van der Waals surface area contributed by atoms with Gasteiger partial charge in [0, 0.05) is 28.5 Å². The first-order valence-corrected chi connectivity index (χ1v) is 8.45. The molecule has 0 unspecified atom stereocenters. The van der Waals surface area contributed by atoms with Crippen molar-refractivity contribution in [3.05, 3.63) is 58.4 Å². The number of hydrogen-bond acceptors (Lipinski definition) is 5. The van der Waals surface area contributed by atoms with E-state index in [0.717, 1.165) is 0 Å². The second-order valence-corrected chi connectivity index (χ2v) is 6.20. The van der Waals surface area contributed by atoms with Gasteiger partial charge in [0.25, 0.3) is 0 Å². The Kier molecular flexibility index (Phi) is 6.54. The van der Waals surface area contributed by atoms with Gasteiger partial charge in [-0.05, 0) is 19.4 Å². The molecule has 0 atom stereocenters. The van der Waals surface area contributed by atoms with Crippen LogP contribution in [0.3, 0.4) is 0 Å². The number of benzene rings is 1. The van der Waals surface area contributed by atoms with Crippen molar-refractivity contribution in [3.63, 3.8) is 0 Å². The van der Waals surface area contributed by atoms with Crippen molar-refractivity contribution in [1.82, 2.24) is 16.0 Å². The van der Waals surface area contributed by atoms with E-state index >= 15 is 0 Å². The number of hydrogen-bond donors (Lipinski definition) is 5. The lowest BCUT2D eigenvalue weighted by atomic mass is 9.79. The number of nitrogens with one attached hydrogen (secondary N) is 3. The summed E-state index contributed by atoms with van der Waals surface area (Å²) in [5, 5.41) is 25.3. The zero-order valence-corrected chi connectivity index (χ0v) is 15.4. The van der Waals surface area contributed by atoms with Crippen LogP contribution in [0.25, 0.3) is 0 Å². The van der Waals surface area contributed by atoms with Crippen molar-refractivity contribution in [3.8, 4) is 0 Å². The minimum absolute atomic E-state index is 0.193. The van der Waals surface area contributed by atoms with Crippen LogP contribution in [0.5, 0.6) is 0 Å². The number of carboxylic acid groups (broad SMARTS) is 2. The van der Waals surface area contributed by atoms with Crippen molar-refractivity contribution < 1.29 is 29.4 Å². The summed E-state index contributed by atoms with van der Waals surface area (Å²) in [6.45, 7) is 2.17. The van der Waals surface area contributed by atoms with Crippen LogP contribution in [-0.2, 0) is 19.2 Å². The third-order valence-corrected chi connectivity index (χ3v) is 4.18. The SMILES string of the molecule is CC1=C(C(=O)NCC(=O)O)C(c2ccccc2)C(C(=O)NCC(=O)O)=C(C)N1. The molecular formula is C19H21N3O6. The molecule has 1 aliphatic heterocycles. The van der Waals surface area contributed by atoms with Crippen LogP contribution < -0.4 is 16.0 Å². The molecule has 9 nitrogen and oxygen atoms in total. The smallest absolute Gasteiger partial charge is 0.322 e. The van der Waals surface area contributed by atoms with Crippen molar-refractivity contribution in [2.24, 2.45) is 0 Å². The highest BCUT2D eigenvalue weighted by molar-refractivity contribution is 6.04. The maximum Gasteiger partial charge on any atom is 0.322 e. The molecule has 2 amide bonds. The maximum absolute atomic E-state index is 12.7. The van der Waals surface area contributed by atoms with E-state index in [2.05, 4.69) is 16.0 Å². The van der Waals surface area contributed by atoms with E-state index < -0.39 is 42.8 Å². The number of dihydropyridines is 1. The summed E-state index contributed by atoms with van der Waals surface area (Å²) < 4.78 is 0. The Morgan fingerprint density at radius 1 is 0.857 bits per heavy atom. The van der Waals surface area contributed by atoms with Crippen molar-refractivity contribution >= 4 is 23.8 Å². The normalized spacial score (nSPS) is 14.4. The molecule has 1 aromatic carbocycles. The van der Waals surface area contributed by atoms with E-state index in [1.54, 1.807) is 44.2 Å². The Hall–Kier alpha value is -3.62.